The second kappa shape index (κ2) is 8.11. The second-order valence-corrected chi connectivity index (χ2v) is 3.07. The molecule has 0 aromatic rings. The lowest BCUT2D eigenvalue weighted by atomic mass is 10.1. The molecule has 0 radical (unpaired) electrons. The molecule has 0 saturated carbocycles. The highest BCUT2D eigenvalue weighted by molar-refractivity contribution is 6.19. The molecular formula is C10H17ClO2. The Labute approximate surface area is 84.9 Å². The van der Waals surface area contributed by atoms with Gasteiger partial charge < -0.3 is 4.74 Å². The average molecular weight is 205 g/mol. The first-order chi connectivity index (χ1) is 6.26. The summed E-state index contributed by atoms with van der Waals surface area (Å²) in [5.74, 6) is -0.214. The van der Waals surface area contributed by atoms with Crippen molar-refractivity contribution in [1.29, 1.82) is 0 Å². The summed E-state index contributed by atoms with van der Waals surface area (Å²) in [7, 11) is 0. The Kier molecular flexibility index (Phi) is 7.80. The standard InChI is InChI=1S/C10H17ClO2/c1-3-5-6-9(8-11)10(12)13-7-4-2/h5-6,9H,3-4,7-8H2,1-2H3. The van der Waals surface area contributed by atoms with Crippen molar-refractivity contribution in [2.24, 2.45) is 5.92 Å². The SMILES string of the molecule is CCC=CC(CCl)C(=O)OCCC. The molecule has 0 fully saturated rings. The van der Waals surface area contributed by atoms with Gasteiger partial charge in [0.05, 0.1) is 12.5 Å². The first-order valence-electron chi connectivity index (χ1n) is 4.65. The van der Waals surface area contributed by atoms with Gasteiger partial charge in [-0.2, -0.15) is 0 Å². The predicted molar refractivity (Wildman–Crippen MR) is 54.9 cm³/mol. The maximum absolute atomic E-state index is 11.3. The number of ether oxygens (including phenoxy) is 1. The van der Waals surface area contributed by atoms with Gasteiger partial charge >= 0.3 is 5.97 Å². The number of carbonyl (C=O) groups is 1. The fourth-order valence-corrected chi connectivity index (χ4v) is 1.03. The lowest BCUT2D eigenvalue weighted by Crippen LogP contribution is -2.17. The second-order valence-electron chi connectivity index (χ2n) is 2.76. The Hall–Kier alpha value is -0.500. The number of esters is 1. The van der Waals surface area contributed by atoms with Crippen molar-refractivity contribution in [3.05, 3.63) is 12.2 Å². The molecule has 0 aliphatic carbocycles. The van der Waals surface area contributed by atoms with Crippen LogP contribution in [0.25, 0.3) is 0 Å². The zero-order chi connectivity index (χ0) is 10.1. The van der Waals surface area contributed by atoms with Crippen LogP contribution in [-0.4, -0.2) is 18.5 Å². The van der Waals surface area contributed by atoms with Crippen LogP contribution in [0, 0.1) is 5.92 Å². The van der Waals surface area contributed by atoms with E-state index in [1.165, 1.54) is 0 Å². The van der Waals surface area contributed by atoms with Crippen molar-refractivity contribution < 1.29 is 9.53 Å². The van der Waals surface area contributed by atoms with Crippen molar-refractivity contribution in [1.82, 2.24) is 0 Å². The van der Waals surface area contributed by atoms with Gasteiger partial charge in [-0.3, -0.25) is 4.79 Å². The lowest BCUT2D eigenvalue weighted by Gasteiger charge is -2.08. The van der Waals surface area contributed by atoms with Gasteiger partial charge in [0.1, 0.15) is 0 Å². The summed E-state index contributed by atoms with van der Waals surface area (Å²) in [6.07, 6.45) is 5.50. The smallest absolute Gasteiger partial charge is 0.314 e. The molecule has 0 heterocycles. The van der Waals surface area contributed by atoms with E-state index in [4.69, 9.17) is 16.3 Å². The number of allylic oxidation sites excluding steroid dienone is 1. The molecule has 0 rings (SSSR count). The fraction of sp³-hybridized carbons (Fsp3) is 0.700. The molecule has 2 nitrogen and oxygen atoms in total. The summed E-state index contributed by atoms with van der Waals surface area (Å²) in [5.41, 5.74) is 0. The first-order valence-corrected chi connectivity index (χ1v) is 5.18. The Morgan fingerprint density at radius 2 is 2.23 bits per heavy atom. The van der Waals surface area contributed by atoms with E-state index in [-0.39, 0.29) is 11.9 Å². The van der Waals surface area contributed by atoms with Gasteiger partial charge in [0, 0.05) is 5.88 Å². The summed E-state index contributed by atoms with van der Waals surface area (Å²) in [6, 6.07) is 0. The minimum absolute atomic E-state index is 0.221. The molecule has 0 amide bonds. The third kappa shape index (κ3) is 5.69. The summed E-state index contributed by atoms with van der Waals surface area (Å²) < 4.78 is 4.97. The van der Waals surface area contributed by atoms with Crippen LogP contribution in [0.15, 0.2) is 12.2 Å². The number of halogens is 1. The van der Waals surface area contributed by atoms with Crippen molar-refractivity contribution in [2.45, 2.75) is 26.7 Å². The van der Waals surface area contributed by atoms with Crippen LogP contribution in [0.2, 0.25) is 0 Å². The molecule has 1 unspecified atom stereocenters. The molecule has 0 aromatic heterocycles. The average Bonchev–Trinajstić information content (AvgIpc) is 2.16. The topological polar surface area (TPSA) is 26.3 Å². The summed E-state index contributed by atoms with van der Waals surface area (Å²) in [4.78, 5) is 11.3. The maximum atomic E-state index is 11.3. The monoisotopic (exact) mass is 204 g/mol. The van der Waals surface area contributed by atoms with E-state index in [0.717, 1.165) is 12.8 Å². The van der Waals surface area contributed by atoms with E-state index in [2.05, 4.69) is 0 Å². The highest BCUT2D eigenvalue weighted by Gasteiger charge is 2.14. The third-order valence-corrected chi connectivity index (χ3v) is 1.85. The van der Waals surface area contributed by atoms with Crippen LogP contribution >= 0.6 is 11.6 Å². The Morgan fingerprint density at radius 3 is 2.69 bits per heavy atom. The molecule has 0 aromatic carbocycles. The molecule has 0 aliphatic heterocycles. The Morgan fingerprint density at radius 1 is 1.54 bits per heavy atom. The van der Waals surface area contributed by atoms with Crippen molar-refractivity contribution in [3.8, 4) is 0 Å². The molecule has 0 N–H and O–H groups in total. The third-order valence-electron chi connectivity index (χ3n) is 1.52. The number of rotatable bonds is 6. The van der Waals surface area contributed by atoms with Gasteiger partial charge in [-0.05, 0) is 12.8 Å². The van der Waals surface area contributed by atoms with Crippen LogP contribution < -0.4 is 0 Å². The highest BCUT2D eigenvalue weighted by atomic mass is 35.5. The van der Waals surface area contributed by atoms with E-state index in [0.29, 0.717) is 12.5 Å². The largest absolute Gasteiger partial charge is 0.465 e. The van der Waals surface area contributed by atoms with Crippen LogP contribution in [0.4, 0.5) is 0 Å². The molecule has 76 valence electrons. The Balaban J connectivity index is 3.92. The van der Waals surface area contributed by atoms with Gasteiger partial charge in [0.2, 0.25) is 0 Å². The van der Waals surface area contributed by atoms with Gasteiger partial charge in [-0.25, -0.2) is 0 Å². The van der Waals surface area contributed by atoms with Gasteiger partial charge in [-0.15, -0.1) is 11.6 Å². The molecule has 0 bridgehead atoms. The van der Waals surface area contributed by atoms with E-state index >= 15 is 0 Å². The van der Waals surface area contributed by atoms with Gasteiger partial charge in [-0.1, -0.05) is 26.0 Å². The fourth-order valence-electron chi connectivity index (χ4n) is 0.803. The quantitative estimate of drug-likeness (QED) is 0.378. The number of hydrogen-bond acceptors (Lipinski definition) is 2. The zero-order valence-electron chi connectivity index (χ0n) is 8.25. The zero-order valence-corrected chi connectivity index (χ0v) is 9.01. The minimum Gasteiger partial charge on any atom is -0.465 e. The normalized spacial score (nSPS) is 13.2. The van der Waals surface area contributed by atoms with Crippen LogP contribution in [0.3, 0.4) is 0 Å². The minimum atomic E-state index is -0.284. The lowest BCUT2D eigenvalue weighted by molar-refractivity contribution is -0.146. The molecule has 0 aliphatic rings. The molecule has 3 heteroatoms. The van der Waals surface area contributed by atoms with E-state index in [9.17, 15) is 4.79 Å². The van der Waals surface area contributed by atoms with Crippen LogP contribution in [-0.2, 0) is 9.53 Å². The molecular weight excluding hydrogens is 188 g/mol. The van der Waals surface area contributed by atoms with Gasteiger partial charge in [0.15, 0.2) is 0 Å². The molecule has 0 spiro atoms. The Bertz CT molecular complexity index is 166. The number of carbonyl (C=O) groups excluding carboxylic acids is 1. The molecule has 1 atom stereocenters. The summed E-state index contributed by atoms with van der Waals surface area (Å²) in [5, 5.41) is 0. The van der Waals surface area contributed by atoms with Crippen molar-refractivity contribution in [2.75, 3.05) is 12.5 Å². The molecule has 0 saturated heterocycles. The van der Waals surface area contributed by atoms with E-state index < -0.39 is 0 Å². The van der Waals surface area contributed by atoms with E-state index in [1.54, 1.807) is 0 Å². The first kappa shape index (κ1) is 12.5. The van der Waals surface area contributed by atoms with E-state index in [1.807, 2.05) is 26.0 Å². The summed E-state index contributed by atoms with van der Waals surface area (Å²) in [6.45, 7) is 4.45. The van der Waals surface area contributed by atoms with Crippen molar-refractivity contribution in [3.63, 3.8) is 0 Å². The van der Waals surface area contributed by atoms with Crippen LogP contribution in [0.1, 0.15) is 26.7 Å². The van der Waals surface area contributed by atoms with Crippen molar-refractivity contribution >= 4 is 17.6 Å². The maximum Gasteiger partial charge on any atom is 0.314 e. The molecule has 13 heavy (non-hydrogen) atoms. The van der Waals surface area contributed by atoms with Gasteiger partial charge in [0.25, 0.3) is 0 Å². The summed E-state index contributed by atoms with van der Waals surface area (Å²) >= 11 is 5.63. The number of alkyl halides is 1. The van der Waals surface area contributed by atoms with Crippen LogP contribution in [0.5, 0.6) is 0 Å². The predicted octanol–water partition coefficient (Wildman–Crippen LogP) is 2.76. The highest BCUT2D eigenvalue weighted by Crippen LogP contribution is 2.06. The number of hydrogen-bond donors (Lipinski definition) is 0.